The van der Waals surface area contributed by atoms with Crippen LogP contribution >= 0.6 is 0 Å². The second-order valence-corrected chi connectivity index (χ2v) is 7.07. The molecular formula is C20H18ClNO8. The molecule has 0 radical (unpaired) electrons. The summed E-state index contributed by atoms with van der Waals surface area (Å²) in [6.45, 7) is 1.89. The number of benzene rings is 2. The lowest BCUT2D eigenvalue weighted by molar-refractivity contribution is -2.00. The predicted octanol–water partition coefficient (Wildman–Crippen LogP) is -3.07. The molecule has 4 rings (SSSR count). The summed E-state index contributed by atoms with van der Waals surface area (Å²) in [5.74, 6) is 2.57. The lowest BCUT2D eigenvalue weighted by atomic mass is 10.0. The summed E-state index contributed by atoms with van der Waals surface area (Å²) in [7, 11) is -1.74. The maximum absolute atomic E-state index is 12.7. The number of methoxy groups -OCH3 is 2. The fraction of sp³-hybridized carbons (Fsp3) is 0.200. The van der Waals surface area contributed by atoms with Gasteiger partial charge in [-0.2, -0.15) is 0 Å². The molecule has 9 nitrogen and oxygen atoms in total. The van der Waals surface area contributed by atoms with Crippen molar-refractivity contribution in [2.24, 2.45) is 0 Å². The molecule has 0 spiro atoms. The number of ether oxygens (including phenoxy) is 3. The highest BCUT2D eigenvalue weighted by Gasteiger charge is 2.42. The van der Waals surface area contributed by atoms with Crippen molar-refractivity contribution in [3.8, 4) is 11.5 Å². The van der Waals surface area contributed by atoms with E-state index in [2.05, 4.69) is 0 Å². The Hall–Kier alpha value is -2.95. The number of hydrogen-bond donors (Lipinski definition) is 0. The third kappa shape index (κ3) is 4.45. The Morgan fingerprint density at radius 3 is 2.03 bits per heavy atom. The second kappa shape index (κ2) is 8.42. The van der Waals surface area contributed by atoms with Crippen LogP contribution in [-0.4, -0.2) is 30.6 Å². The Labute approximate surface area is 173 Å². The van der Waals surface area contributed by atoms with Gasteiger partial charge >= 0.3 is 11.8 Å². The molecule has 0 unspecified atom stereocenters. The maximum atomic E-state index is 12.7. The van der Waals surface area contributed by atoms with Crippen molar-refractivity contribution >= 4 is 28.8 Å². The van der Waals surface area contributed by atoms with Gasteiger partial charge in [0.05, 0.1) is 19.8 Å². The van der Waals surface area contributed by atoms with E-state index in [-0.39, 0.29) is 5.91 Å². The summed E-state index contributed by atoms with van der Waals surface area (Å²) in [4.78, 5) is 12.7. The molecule has 0 aliphatic carbocycles. The molecule has 2 heterocycles. The first-order chi connectivity index (χ1) is 14.1. The van der Waals surface area contributed by atoms with E-state index in [4.69, 9.17) is 32.8 Å². The van der Waals surface area contributed by atoms with Crippen LogP contribution in [0.5, 0.6) is 11.5 Å². The minimum absolute atomic E-state index is 0.00775. The molecule has 158 valence electrons. The SMILES string of the molecule is COc1cc2c(cc1OC)=C1CC(=O)[N+](c3ccccc3)=C1OC=2C.[O-][Cl+3]([O-])([O-])[O-]. The molecule has 0 atom stereocenters. The van der Waals surface area contributed by atoms with Crippen molar-refractivity contribution < 1.29 is 52.5 Å². The van der Waals surface area contributed by atoms with Gasteiger partial charge in [-0.3, -0.25) is 0 Å². The van der Waals surface area contributed by atoms with Crippen LogP contribution in [0.25, 0.3) is 11.3 Å². The standard InChI is InChI=1S/C20H18NO4.ClHO4/c1-12-14-9-17(23-2)18(24-3)10-15(14)16-11-19(22)21(20(16)25-12)13-7-5-4-6-8-13;2-1(3,4)5/h4-10H,11H2,1-3H3;(H,2,3,4,5)/q+1;/p-1. The van der Waals surface area contributed by atoms with Crippen LogP contribution < -0.4 is 38.5 Å². The first kappa shape index (κ1) is 21.8. The van der Waals surface area contributed by atoms with E-state index in [9.17, 15) is 4.79 Å². The molecule has 1 amide bonds. The molecule has 0 N–H and O–H groups in total. The van der Waals surface area contributed by atoms with Crippen LogP contribution in [0.4, 0.5) is 5.69 Å². The smallest absolute Gasteiger partial charge is 0.400 e. The zero-order chi connectivity index (χ0) is 22.1. The normalized spacial score (nSPS) is 15.1. The summed E-state index contributed by atoms with van der Waals surface area (Å²) < 4.78 is 52.5. The first-order valence-electron chi connectivity index (χ1n) is 8.65. The molecule has 0 saturated heterocycles. The predicted molar refractivity (Wildman–Crippen MR) is 93.4 cm³/mol. The second-order valence-electron chi connectivity index (χ2n) is 6.31. The summed E-state index contributed by atoms with van der Waals surface area (Å²) in [6.07, 6.45) is 0.292. The first-order valence-corrected chi connectivity index (χ1v) is 9.88. The van der Waals surface area contributed by atoms with Gasteiger partial charge in [0.1, 0.15) is 12.2 Å². The van der Waals surface area contributed by atoms with Gasteiger partial charge in [0.25, 0.3) is 0 Å². The van der Waals surface area contributed by atoms with Crippen molar-refractivity contribution in [3.63, 3.8) is 0 Å². The zero-order valence-corrected chi connectivity index (χ0v) is 17.1. The van der Waals surface area contributed by atoms with Crippen molar-refractivity contribution in [2.45, 2.75) is 13.3 Å². The van der Waals surface area contributed by atoms with Crippen LogP contribution in [0, 0.1) is 10.2 Å². The van der Waals surface area contributed by atoms with Gasteiger partial charge < -0.3 is 14.2 Å². The van der Waals surface area contributed by atoms with Gasteiger partial charge in [-0.05, 0) is 19.1 Å². The summed E-state index contributed by atoms with van der Waals surface area (Å²) in [6, 6.07) is 13.3. The summed E-state index contributed by atoms with van der Waals surface area (Å²) >= 11 is 0. The summed E-state index contributed by atoms with van der Waals surface area (Å²) in [5.41, 5.74) is 1.67. The monoisotopic (exact) mass is 435 g/mol. The van der Waals surface area contributed by atoms with Crippen LogP contribution in [0.15, 0.2) is 42.5 Å². The average Bonchev–Trinajstić information content (AvgIpc) is 3.02. The largest absolute Gasteiger partial charge is 0.493 e. The minimum Gasteiger partial charge on any atom is -0.493 e. The van der Waals surface area contributed by atoms with E-state index >= 15 is 0 Å². The highest BCUT2D eigenvalue weighted by atomic mass is 35.7. The van der Waals surface area contributed by atoms with Crippen LogP contribution in [-0.2, 0) is 9.53 Å². The quantitative estimate of drug-likeness (QED) is 0.462. The van der Waals surface area contributed by atoms with Gasteiger partial charge in [0.2, 0.25) is 5.69 Å². The van der Waals surface area contributed by atoms with E-state index in [1.165, 1.54) is 0 Å². The average molecular weight is 436 g/mol. The lowest BCUT2D eigenvalue weighted by Crippen LogP contribution is -2.68. The van der Waals surface area contributed by atoms with Crippen molar-refractivity contribution in [1.29, 1.82) is 0 Å². The number of carbonyl (C=O) groups is 1. The van der Waals surface area contributed by atoms with Crippen molar-refractivity contribution in [1.82, 2.24) is 0 Å². The minimum atomic E-state index is -4.94. The molecule has 30 heavy (non-hydrogen) atoms. The number of rotatable bonds is 3. The van der Waals surface area contributed by atoms with Gasteiger partial charge in [-0.25, -0.2) is 23.4 Å². The number of para-hydroxylation sites is 1. The van der Waals surface area contributed by atoms with Crippen LogP contribution in [0.3, 0.4) is 0 Å². The van der Waals surface area contributed by atoms with E-state index in [0.717, 1.165) is 27.5 Å². The van der Waals surface area contributed by atoms with E-state index in [1.54, 1.807) is 18.8 Å². The van der Waals surface area contributed by atoms with E-state index < -0.39 is 10.2 Å². The highest BCUT2D eigenvalue weighted by Crippen LogP contribution is 2.28. The molecule has 2 aromatic carbocycles. The molecule has 0 fully saturated rings. The van der Waals surface area contributed by atoms with Crippen molar-refractivity contribution in [3.05, 3.63) is 52.9 Å². The zero-order valence-electron chi connectivity index (χ0n) is 16.3. The highest BCUT2D eigenvalue weighted by molar-refractivity contribution is 6.21. The number of hydrogen-bond acceptors (Lipinski definition) is 8. The van der Waals surface area contributed by atoms with Gasteiger partial charge in [0.15, 0.2) is 11.5 Å². The van der Waals surface area contributed by atoms with Gasteiger partial charge in [-0.1, -0.05) is 22.8 Å². The molecule has 2 aromatic rings. The number of amides is 1. The Kier molecular flexibility index (Phi) is 6.11. The molecule has 2 aliphatic rings. The van der Waals surface area contributed by atoms with E-state index in [0.29, 0.717) is 23.8 Å². The van der Waals surface area contributed by atoms with Gasteiger partial charge in [-0.15, -0.1) is 10.2 Å². The van der Waals surface area contributed by atoms with Crippen LogP contribution in [0.2, 0.25) is 0 Å². The Morgan fingerprint density at radius 2 is 1.50 bits per heavy atom. The Morgan fingerprint density at radius 1 is 0.967 bits per heavy atom. The molecule has 0 saturated carbocycles. The van der Waals surface area contributed by atoms with E-state index in [1.807, 2.05) is 49.4 Å². The van der Waals surface area contributed by atoms with Crippen LogP contribution in [0.1, 0.15) is 13.3 Å². The fourth-order valence-corrected chi connectivity index (χ4v) is 3.33. The number of nitrogens with zero attached hydrogens (tertiary/aromatic N) is 1. The lowest BCUT2D eigenvalue weighted by Gasteiger charge is -2.17. The maximum Gasteiger partial charge on any atom is 0.400 e. The Bertz CT molecular complexity index is 1130. The molecule has 0 aromatic heterocycles. The molecular weight excluding hydrogens is 418 g/mol. The molecule has 0 bridgehead atoms. The van der Waals surface area contributed by atoms with Gasteiger partial charge in [0, 0.05) is 22.6 Å². The fourth-order valence-electron chi connectivity index (χ4n) is 3.33. The van der Waals surface area contributed by atoms with Crippen molar-refractivity contribution in [2.75, 3.05) is 14.2 Å². The number of fused-ring (bicyclic) bond motifs is 2. The Balaban J connectivity index is 0.000000461. The molecule has 10 heteroatoms. The molecule has 2 aliphatic heterocycles. The topological polar surface area (TPSA) is 140 Å². The number of carbonyl (C=O) groups excluding carboxylic acids is 1. The third-order valence-electron chi connectivity index (χ3n) is 4.53. The summed E-state index contributed by atoms with van der Waals surface area (Å²) in [5, 5.41) is 1.86. The number of halogens is 1. The third-order valence-corrected chi connectivity index (χ3v) is 4.53.